The highest BCUT2D eigenvalue weighted by Crippen LogP contribution is 2.31. The van der Waals surface area contributed by atoms with Crippen LogP contribution in [0.1, 0.15) is 89.4 Å². The number of ether oxygens (including phenoxy) is 1. The second kappa shape index (κ2) is 7.14. The van der Waals surface area contributed by atoms with Crippen LogP contribution in [0.15, 0.2) is 42.5 Å². The zero-order valence-corrected chi connectivity index (χ0v) is 18.4. The fraction of sp³-hybridized carbons (Fsp3) is 0.480. The summed E-state index contributed by atoms with van der Waals surface area (Å²) in [5.74, 6) is 0.826. The van der Waals surface area contributed by atoms with Crippen LogP contribution in [0.2, 0.25) is 0 Å². The van der Waals surface area contributed by atoms with Crippen molar-refractivity contribution in [3.05, 3.63) is 64.7 Å². The smallest absolute Gasteiger partial charge is 0.193 e. The topological polar surface area (TPSA) is 26.3 Å². The fourth-order valence-corrected chi connectivity index (χ4v) is 2.82. The van der Waals surface area contributed by atoms with Crippen molar-refractivity contribution in [1.29, 1.82) is 0 Å². The Morgan fingerprint density at radius 3 is 1.48 bits per heavy atom. The van der Waals surface area contributed by atoms with Crippen LogP contribution in [-0.2, 0) is 10.8 Å². The molecule has 0 bridgehead atoms. The predicted octanol–water partition coefficient (Wildman–Crippen LogP) is 6.69. The Hall–Kier alpha value is -2.09. The van der Waals surface area contributed by atoms with Crippen LogP contribution in [-0.4, -0.2) is 11.4 Å². The summed E-state index contributed by atoms with van der Waals surface area (Å²) in [7, 11) is 0. The Labute approximate surface area is 165 Å². The quantitative estimate of drug-likeness (QED) is 0.566. The van der Waals surface area contributed by atoms with Gasteiger partial charge in [0.05, 0.1) is 0 Å². The molecule has 0 saturated heterocycles. The minimum absolute atomic E-state index is 0.0132. The van der Waals surface area contributed by atoms with Gasteiger partial charge in [-0.2, -0.15) is 0 Å². The maximum atomic E-state index is 13.2. The number of hydrogen-bond acceptors (Lipinski definition) is 2. The van der Waals surface area contributed by atoms with Gasteiger partial charge in [0, 0.05) is 11.1 Å². The highest BCUT2D eigenvalue weighted by Gasteiger charge is 2.23. The van der Waals surface area contributed by atoms with E-state index in [2.05, 4.69) is 47.6 Å². The van der Waals surface area contributed by atoms with Crippen molar-refractivity contribution in [1.82, 2.24) is 0 Å². The lowest BCUT2D eigenvalue weighted by molar-refractivity contribution is 0.103. The molecule has 2 aromatic rings. The van der Waals surface area contributed by atoms with E-state index in [9.17, 15) is 4.79 Å². The van der Waals surface area contributed by atoms with Crippen molar-refractivity contribution in [3.63, 3.8) is 0 Å². The van der Waals surface area contributed by atoms with Gasteiger partial charge in [-0.1, -0.05) is 47.6 Å². The van der Waals surface area contributed by atoms with Gasteiger partial charge in [-0.15, -0.1) is 0 Å². The molecule has 0 aromatic heterocycles. The molecule has 146 valence electrons. The van der Waals surface area contributed by atoms with E-state index in [0.717, 1.165) is 11.3 Å². The van der Waals surface area contributed by atoms with E-state index in [-0.39, 0.29) is 22.2 Å². The third-order valence-corrected chi connectivity index (χ3v) is 4.47. The molecule has 0 N–H and O–H groups in total. The number of ketones is 1. The van der Waals surface area contributed by atoms with Crippen LogP contribution in [0, 0.1) is 0 Å². The number of benzene rings is 2. The van der Waals surface area contributed by atoms with Gasteiger partial charge in [-0.05, 0) is 79.1 Å². The summed E-state index contributed by atoms with van der Waals surface area (Å²) in [6, 6.07) is 13.8. The molecular formula is C25H34O2. The maximum absolute atomic E-state index is 13.2. The first-order valence-electron chi connectivity index (χ1n) is 9.67. The average molecular weight is 367 g/mol. The minimum Gasteiger partial charge on any atom is -0.488 e. The molecule has 0 saturated carbocycles. The number of hydrogen-bond donors (Lipinski definition) is 0. The van der Waals surface area contributed by atoms with E-state index in [1.807, 2.05) is 57.2 Å². The number of carbonyl (C=O) groups excluding carboxylic acids is 1. The van der Waals surface area contributed by atoms with Gasteiger partial charge in [0.15, 0.2) is 5.78 Å². The molecule has 0 aliphatic rings. The summed E-state index contributed by atoms with van der Waals surface area (Å²) >= 11 is 0. The first-order valence-corrected chi connectivity index (χ1v) is 9.67. The van der Waals surface area contributed by atoms with Crippen molar-refractivity contribution >= 4 is 5.78 Å². The molecule has 0 heterocycles. The SMILES string of the molecule is CC(C)(C)Oc1ccc(C(=O)c2cc(C(C)(C)C)cc(C(C)(C)C)c2)cc1. The van der Waals surface area contributed by atoms with E-state index in [4.69, 9.17) is 4.74 Å². The van der Waals surface area contributed by atoms with Crippen LogP contribution in [0.4, 0.5) is 0 Å². The van der Waals surface area contributed by atoms with Gasteiger partial charge < -0.3 is 4.74 Å². The van der Waals surface area contributed by atoms with Gasteiger partial charge >= 0.3 is 0 Å². The molecule has 0 atom stereocenters. The van der Waals surface area contributed by atoms with Gasteiger partial charge in [-0.25, -0.2) is 0 Å². The molecule has 0 fully saturated rings. The minimum atomic E-state index is -0.256. The molecule has 0 radical (unpaired) electrons. The van der Waals surface area contributed by atoms with Gasteiger partial charge in [0.25, 0.3) is 0 Å². The molecule has 27 heavy (non-hydrogen) atoms. The lowest BCUT2D eigenvalue weighted by Gasteiger charge is -2.26. The van der Waals surface area contributed by atoms with Crippen molar-refractivity contribution in [3.8, 4) is 5.75 Å². The molecule has 0 amide bonds. The summed E-state index contributed by atoms with van der Waals surface area (Å²) in [4.78, 5) is 13.2. The van der Waals surface area contributed by atoms with E-state index in [1.54, 1.807) is 0 Å². The third-order valence-electron chi connectivity index (χ3n) is 4.47. The van der Waals surface area contributed by atoms with Crippen molar-refractivity contribution in [2.45, 2.75) is 78.7 Å². The summed E-state index contributed by atoms with van der Waals surface area (Å²) in [5, 5.41) is 0. The average Bonchev–Trinajstić information content (AvgIpc) is 2.51. The highest BCUT2D eigenvalue weighted by molar-refractivity contribution is 6.09. The second-order valence-corrected chi connectivity index (χ2v) is 10.4. The van der Waals surface area contributed by atoms with Gasteiger partial charge in [0.2, 0.25) is 0 Å². The molecule has 2 heteroatoms. The molecule has 2 nitrogen and oxygen atoms in total. The highest BCUT2D eigenvalue weighted by atomic mass is 16.5. The second-order valence-electron chi connectivity index (χ2n) is 10.4. The molecule has 2 aromatic carbocycles. The molecule has 0 aliphatic heterocycles. The molecule has 0 spiro atoms. The molecule has 2 rings (SSSR count). The van der Waals surface area contributed by atoms with E-state index < -0.39 is 0 Å². The monoisotopic (exact) mass is 366 g/mol. The fourth-order valence-electron chi connectivity index (χ4n) is 2.82. The summed E-state index contributed by atoms with van der Waals surface area (Å²) < 4.78 is 5.86. The Balaban J connectivity index is 2.43. The Bertz CT molecular complexity index is 775. The number of rotatable bonds is 3. The lowest BCUT2D eigenvalue weighted by Crippen LogP contribution is -2.22. The van der Waals surface area contributed by atoms with Crippen LogP contribution >= 0.6 is 0 Å². The van der Waals surface area contributed by atoms with Crippen molar-refractivity contribution in [2.75, 3.05) is 0 Å². The standard InChI is InChI=1S/C25H34O2/c1-23(2,3)19-14-18(15-20(16-19)24(4,5)6)22(26)17-10-12-21(13-11-17)27-25(7,8)9/h10-16H,1-9H3. The normalized spacial score (nSPS) is 12.8. The van der Waals surface area contributed by atoms with Crippen LogP contribution in [0.3, 0.4) is 0 Å². The Morgan fingerprint density at radius 1 is 0.667 bits per heavy atom. The first kappa shape index (κ1) is 21.2. The largest absolute Gasteiger partial charge is 0.488 e. The predicted molar refractivity (Wildman–Crippen MR) is 114 cm³/mol. The van der Waals surface area contributed by atoms with Crippen LogP contribution < -0.4 is 4.74 Å². The summed E-state index contributed by atoms with van der Waals surface area (Å²) in [5.41, 5.74) is 3.52. The molecule has 0 aliphatic carbocycles. The van der Waals surface area contributed by atoms with Crippen molar-refractivity contribution < 1.29 is 9.53 Å². The van der Waals surface area contributed by atoms with Crippen LogP contribution in [0.5, 0.6) is 5.75 Å². The molecular weight excluding hydrogens is 332 g/mol. The number of carbonyl (C=O) groups is 1. The van der Waals surface area contributed by atoms with Gasteiger partial charge in [0.1, 0.15) is 11.4 Å². The van der Waals surface area contributed by atoms with Crippen molar-refractivity contribution in [2.24, 2.45) is 0 Å². The van der Waals surface area contributed by atoms with Gasteiger partial charge in [-0.3, -0.25) is 4.79 Å². The lowest BCUT2D eigenvalue weighted by atomic mass is 9.79. The van der Waals surface area contributed by atoms with E-state index >= 15 is 0 Å². The zero-order chi connectivity index (χ0) is 20.6. The Morgan fingerprint density at radius 2 is 1.11 bits per heavy atom. The summed E-state index contributed by atoms with van der Waals surface area (Å²) in [6.45, 7) is 19.1. The summed E-state index contributed by atoms with van der Waals surface area (Å²) in [6.07, 6.45) is 0. The molecule has 0 unspecified atom stereocenters. The van der Waals surface area contributed by atoms with E-state index in [0.29, 0.717) is 5.56 Å². The van der Waals surface area contributed by atoms with E-state index in [1.165, 1.54) is 11.1 Å². The Kier molecular flexibility index (Phi) is 5.61. The maximum Gasteiger partial charge on any atom is 0.193 e. The van der Waals surface area contributed by atoms with Crippen LogP contribution in [0.25, 0.3) is 0 Å². The third kappa shape index (κ3) is 5.69. The first-order chi connectivity index (χ1) is 12.2. The zero-order valence-electron chi connectivity index (χ0n) is 18.4.